The van der Waals surface area contributed by atoms with E-state index in [-0.39, 0.29) is 31.1 Å². The third-order valence-electron chi connectivity index (χ3n) is 7.33. The summed E-state index contributed by atoms with van der Waals surface area (Å²) in [7, 11) is 1.50. The minimum absolute atomic E-state index is 0.0779. The van der Waals surface area contributed by atoms with Crippen LogP contribution in [-0.4, -0.2) is 49.4 Å². The molecule has 1 aromatic heterocycles. The van der Waals surface area contributed by atoms with Gasteiger partial charge < -0.3 is 29.6 Å². The summed E-state index contributed by atoms with van der Waals surface area (Å²) in [5.41, 5.74) is 3.72. The Morgan fingerprint density at radius 3 is 2.31 bits per heavy atom. The number of carboxylic acids is 1. The maximum atomic E-state index is 12.6. The molecule has 216 valence electrons. The number of rotatable bonds is 11. The average Bonchev–Trinajstić information content (AvgIpc) is 3.32. The first-order valence-electron chi connectivity index (χ1n) is 13.6. The van der Waals surface area contributed by atoms with E-state index in [1.165, 1.54) is 13.2 Å². The van der Waals surface area contributed by atoms with Crippen molar-refractivity contribution in [2.45, 2.75) is 31.2 Å². The molecule has 0 radical (unpaired) electrons. The van der Waals surface area contributed by atoms with Crippen LogP contribution in [0, 0.1) is 0 Å². The summed E-state index contributed by atoms with van der Waals surface area (Å²) in [6, 6.07) is 21.1. The lowest BCUT2D eigenvalue weighted by atomic mass is 9.98. The second kappa shape index (κ2) is 12.6. The Labute approximate surface area is 241 Å². The Morgan fingerprint density at radius 2 is 1.64 bits per heavy atom. The lowest BCUT2D eigenvalue weighted by Crippen LogP contribution is -2.41. The standard InChI is InChI=1S/C32H30N2O8/c1-40-20-14-13-19-16-25(31(38)42-28(19)17-20)29(35)33-15-7-6-12-27(30(36)37)34-32(39)41-18-26-23-10-4-2-8-21(23)22-9-3-5-11-24(22)26/h2-5,8-11,13-14,16-17,26-27H,6-7,12,15,18H2,1H3,(H,33,35)(H,34,39)(H,36,37)/t27-/m0/s1. The number of amides is 2. The first kappa shape index (κ1) is 28.4. The zero-order valence-corrected chi connectivity index (χ0v) is 22.9. The van der Waals surface area contributed by atoms with Crippen LogP contribution in [0.4, 0.5) is 4.79 Å². The minimum atomic E-state index is -1.18. The Bertz CT molecular complexity index is 1650. The first-order chi connectivity index (χ1) is 20.4. The van der Waals surface area contributed by atoms with Crippen molar-refractivity contribution in [3.05, 3.63) is 99.9 Å². The lowest BCUT2D eigenvalue weighted by molar-refractivity contribution is -0.139. The third kappa shape index (κ3) is 6.12. The van der Waals surface area contributed by atoms with Crippen LogP contribution in [0.1, 0.15) is 46.7 Å². The van der Waals surface area contributed by atoms with Gasteiger partial charge in [0.15, 0.2) is 0 Å². The van der Waals surface area contributed by atoms with Gasteiger partial charge in [0.05, 0.1) is 7.11 Å². The largest absolute Gasteiger partial charge is 0.497 e. The molecular weight excluding hydrogens is 540 g/mol. The molecule has 1 atom stereocenters. The smallest absolute Gasteiger partial charge is 0.407 e. The van der Waals surface area contributed by atoms with Gasteiger partial charge in [-0.05, 0) is 59.7 Å². The highest BCUT2D eigenvalue weighted by Crippen LogP contribution is 2.44. The molecule has 0 saturated carbocycles. The van der Waals surface area contributed by atoms with Crippen molar-refractivity contribution in [3.8, 4) is 16.9 Å². The molecule has 1 aliphatic carbocycles. The topological polar surface area (TPSA) is 144 Å². The maximum Gasteiger partial charge on any atom is 0.407 e. The monoisotopic (exact) mass is 570 g/mol. The van der Waals surface area contributed by atoms with E-state index in [4.69, 9.17) is 13.9 Å². The Morgan fingerprint density at radius 1 is 0.952 bits per heavy atom. The molecule has 0 unspecified atom stereocenters. The maximum absolute atomic E-state index is 12.6. The quantitative estimate of drug-likeness (QED) is 0.174. The van der Waals surface area contributed by atoms with Crippen LogP contribution in [0.5, 0.6) is 5.75 Å². The number of unbranched alkanes of at least 4 members (excludes halogenated alkanes) is 1. The van der Waals surface area contributed by atoms with Gasteiger partial charge in [0.1, 0.15) is 29.5 Å². The van der Waals surface area contributed by atoms with Crippen molar-refractivity contribution < 1.29 is 33.4 Å². The number of carbonyl (C=O) groups excluding carboxylic acids is 2. The molecule has 0 bridgehead atoms. The van der Waals surface area contributed by atoms with Crippen molar-refractivity contribution in [1.82, 2.24) is 10.6 Å². The number of benzene rings is 3. The molecule has 0 spiro atoms. The molecule has 10 heteroatoms. The molecule has 1 heterocycles. The van der Waals surface area contributed by atoms with E-state index >= 15 is 0 Å². The summed E-state index contributed by atoms with van der Waals surface area (Å²) >= 11 is 0. The number of alkyl carbamates (subject to hydrolysis) is 1. The van der Waals surface area contributed by atoms with Gasteiger partial charge in [0.2, 0.25) is 0 Å². The zero-order valence-electron chi connectivity index (χ0n) is 22.9. The van der Waals surface area contributed by atoms with Gasteiger partial charge >= 0.3 is 17.7 Å². The number of hydrogen-bond acceptors (Lipinski definition) is 7. The molecule has 1 aliphatic rings. The number of ether oxygens (including phenoxy) is 2. The minimum Gasteiger partial charge on any atom is -0.497 e. The van der Waals surface area contributed by atoms with Gasteiger partial charge in [-0.25, -0.2) is 14.4 Å². The van der Waals surface area contributed by atoms with Crippen molar-refractivity contribution in [2.75, 3.05) is 20.3 Å². The number of fused-ring (bicyclic) bond motifs is 4. The van der Waals surface area contributed by atoms with Gasteiger partial charge in [-0.15, -0.1) is 0 Å². The van der Waals surface area contributed by atoms with Gasteiger partial charge in [-0.3, -0.25) is 4.79 Å². The van der Waals surface area contributed by atoms with Crippen LogP contribution in [0.2, 0.25) is 0 Å². The highest BCUT2D eigenvalue weighted by atomic mass is 16.5. The number of nitrogens with one attached hydrogen (secondary N) is 2. The normalized spacial score (nSPS) is 12.7. The molecule has 3 aromatic carbocycles. The number of carboxylic acid groups (broad SMARTS) is 1. The van der Waals surface area contributed by atoms with E-state index in [2.05, 4.69) is 10.6 Å². The van der Waals surface area contributed by atoms with Crippen LogP contribution in [-0.2, 0) is 9.53 Å². The number of hydrogen-bond donors (Lipinski definition) is 3. The first-order valence-corrected chi connectivity index (χ1v) is 13.6. The van der Waals surface area contributed by atoms with Crippen LogP contribution in [0.3, 0.4) is 0 Å². The summed E-state index contributed by atoms with van der Waals surface area (Å²) < 4.78 is 15.8. The fraction of sp³-hybridized carbons (Fsp3) is 0.250. The second-order valence-corrected chi connectivity index (χ2v) is 9.96. The van der Waals surface area contributed by atoms with E-state index < -0.39 is 29.6 Å². The number of carbonyl (C=O) groups is 3. The van der Waals surface area contributed by atoms with Gasteiger partial charge in [-0.2, -0.15) is 0 Å². The molecule has 42 heavy (non-hydrogen) atoms. The van der Waals surface area contributed by atoms with Crippen molar-refractivity contribution in [3.63, 3.8) is 0 Å². The van der Waals surface area contributed by atoms with Crippen molar-refractivity contribution >= 4 is 28.9 Å². The fourth-order valence-corrected chi connectivity index (χ4v) is 5.19. The summed E-state index contributed by atoms with van der Waals surface area (Å²) in [6.07, 6.45) is 0.151. The van der Waals surface area contributed by atoms with E-state index in [0.717, 1.165) is 22.3 Å². The predicted molar refractivity (Wildman–Crippen MR) is 155 cm³/mol. The van der Waals surface area contributed by atoms with E-state index in [9.17, 15) is 24.3 Å². The highest BCUT2D eigenvalue weighted by Gasteiger charge is 2.29. The molecule has 10 nitrogen and oxygen atoms in total. The summed E-state index contributed by atoms with van der Waals surface area (Å²) in [6.45, 7) is 0.282. The molecular formula is C32H30N2O8. The molecule has 2 amide bonds. The van der Waals surface area contributed by atoms with Crippen LogP contribution in [0.15, 0.2) is 82.0 Å². The van der Waals surface area contributed by atoms with E-state index in [1.54, 1.807) is 18.2 Å². The summed E-state index contributed by atoms with van der Waals surface area (Å²) in [5, 5.41) is 15.3. The van der Waals surface area contributed by atoms with Gasteiger partial charge in [-0.1, -0.05) is 48.5 Å². The molecule has 5 rings (SSSR count). The van der Waals surface area contributed by atoms with E-state index in [1.807, 2.05) is 48.5 Å². The Hall–Kier alpha value is -5.12. The van der Waals surface area contributed by atoms with Crippen molar-refractivity contribution in [2.24, 2.45) is 0 Å². The second-order valence-electron chi connectivity index (χ2n) is 9.96. The average molecular weight is 571 g/mol. The highest BCUT2D eigenvalue weighted by molar-refractivity contribution is 5.96. The molecule has 0 saturated heterocycles. The number of methoxy groups -OCH3 is 1. The predicted octanol–water partition coefficient (Wildman–Crippen LogP) is 4.69. The van der Waals surface area contributed by atoms with Gasteiger partial charge in [0.25, 0.3) is 5.91 Å². The van der Waals surface area contributed by atoms with E-state index in [0.29, 0.717) is 29.6 Å². The summed E-state index contributed by atoms with van der Waals surface area (Å²) in [4.78, 5) is 49.2. The lowest BCUT2D eigenvalue weighted by Gasteiger charge is -2.17. The molecule has 0 aliphatic heterocycles. The molecule has 4 aromatic rings. The van der Waals surface area contributed by atoms with Crippen LogP contribution < -0.4 is 21.0 Å². The van der Waals surface area contributed by atoms with Crippen molar-refractivity contribution in [1.29, 1.82) is 0 Å². The fourth-order valence-electron chi connectivity index (χ4n) is 5.19. The molecule has 3 N–H and O–H groups in total. The number of aliphatic carboxylic acids is 1. The van der Waals surface area contributed by atoms with Crippen LogP contribution in [0.25, 0.3) is 22.1 Å². The Balaban J connectivity index is 1.09. The Kier molecular flexibility index (Phi) is 8.52. The SMILES string of the molecule is COc1ccc2cc(C(=O)NCCCC[C@H](NC(=O)OCC3c4ccccc4-c4ccccc43)C(=O)O)c(=O)oc2c1. The zero-order chi connectivity index (χ0) is 29.6. The molecule has 0 fully saturated rings. The van der Waals surface area contributed by atoms with Gasteiger partial charge in [0, 0.05) is 23.9 Å². The third-order valence-corrected chi connectivity index (χ3v) is 7.33. The summed E-state index contributed by atoms with van der Waals surface area (Å²) in [5.74, 6) is -1.38. The van der Waals surface area contributed by atoms with Crippen LogP contribution >= 0.6 is 0 Å².